The van der Waals surface area contributed by atoms with E-state index in [1.54, 1.807) is 23.9 Å². The smallest absolute Gasteiger partial charge is 0.338 e. The van der Waals surface area contributed by atoms with Gasteiger partial charge in [0.15, 0.2) is 0 Å². The number of aromatic amines is 1. The molecule has 0 unspecified atom stereocenters. The first-order valence-electron chi connectivity index (χ1n) is 5.40. The van der Waals surface area contributed by atoms with Crippen LogP contribution in [0.5, 0.6) is 0 Å². The lowest BCUT2D eigenvalue weighted by Crippen LogP contribution is -2.15. The molecule has 3 heterocycles. The molecule has 19 heavy (non-hydrogen) atoms. The largest absolute Gasteiger partial charge is 0.478 e. The van der Waals surface area contributed by atoms with Crippen molar-refractivity contribution in [2.75, 3.05) is 0 Å². The molecule has 0 atom stereocenters. The molecular weight excluding hydrogens is 250 g/mol. The van der Waals surface area contributed by atoms with Gasteiger partial charge in [0.05, 0.1) is 17.3 Å². The van der Waals surface area contributed by atoms with Crippen molar-refractivity contribution in [2.45, 2.75) is 0 Å². The summed E-state index contributed by atoms with van der Waals surface area (Å²) in [5.41, 5.74) is 0.693. The molecule has 0 aliphatic rings. The lowest BCUT2D eigenvalue weighted by molar-refractivity contribution is 0.0697. The van der Waals surface area contributed by atoms with E-state index in [-0.39, 0.29) is 17.1 Å². The fourth-order valence-electron chi connectivity index (χ4n) is 1.84. The van der Waals surface area contributed by atoms with E-state index in [0.717, 1.165) is 0 Å². The van der Waals surface area contributed by atoms with Crippen molar-refractivity contribution in [3.8, 4) is 5.95 Å². The Morgan fingerprint density at radius 2 is 2.26 bits per heavy atom. The highest BCUT2D eigenvalue weighted by molar-refractivity contribution is 5.87. The maximum Gasteiger partial charge on any atom is 0.338 e. The first kappa shape index (κ1) is 11.2. The summed E-state index contributed by atoms with van der Waals surface area (Å²) < 4.78 is 2.88. The van der Waals surface area contributed by atoms with Crippen LogP contribution in [0.1, 0.15) is 10.4 Å². The fourth-order valence-corrected chi connectivity index (χ4v) is 1.84. The summed E-state index contributed by atoms with van der Waals surface area (Å²) in [6, 6.07) is 1.70. The van der Waals surface area contributed by atoms with E-state index in [4.69, 9.17) is 5.11 Å². The molecule has 0 saturated carbocycles. The first-order valence-corrected chi connectivity index (χ1v) is 5.40. The molecule has 3 rings (SSSR count). The van der Waals surface area contributed by atoms with Crippen LogP contribution in [0.2, 0.25) is 0 Å². The molecule has 0 saturated heterocycles. The monoisotopic (exact) mass is 259 g/mol. The SMILES string of the molecule is Cn1ccc2nc(-n3cc(C(=O)O)cn3)[nH]c(=O)c21. The van der Waals surface area contributed by atoms with E-state index in [1.165, 1.54) is 17.1 Å². The van der Waals surface area contributed by atoms with Crippen LogP contribution < -0.4 is 5.56 Å². The number of rotatable bonds is 2. The molecule has 8 heteroatoms. The summed E-state index contributed by atoms with van der Waals surface area (Å²) in [6.07, 6.45) is 4.20. The van der Waals surface area contributed by atoms with Gasteiger partial charge in [-0.1, -0.05) is 0 Å². The quantitative estimate of drug-likeness (QED) is 0.681. The summed E-state index contributed by atoms with van der Waals surface area (Å²) in [6.45, 7) is 0. The van der Waals surface area contributed by atoms with Crippen LogP contribution in [0.15, 0.2) is 29.5 Å². The van der Waals surface area contributed by atoms with Crippen LogP contribution in [0.4, 0.5) is 0 Å². The van der Waals surface area contributed by atoms with Gasteiger partial charge in [0.2, 0.25) is 5.95 Å². The van der Waals surface area contributed by atoms with E-state index >= 15 is 0 Å². The van der Waals surface area contributed by atoms with E-state index < -0.39 is 5.97 Å². The van der Waals surface area contributed by atoms with Crippen molar-refractivity contribution in [2.24, 2.45) is 7.05 Å². The Bertz CT molecular complexity index is 842. The number of hydrogen-bond acceptors (Lipinski definition) is 4. The van der Waals surface area contributed by atoms with E-state index in [2.05, 4.69) is 15.1 Å². The Labute approximate surface area is 105 Å². The Morgan fingerprint density at radius 3 is 2.95 bits per heavy atom. The topological polar surface area (TPSA) is 106 Å². The van der Waals surface area contributed by atoms with Crippen LogP contribution in [-0.2, 0) is 7.05 Å². The Kier molecular flexibility index (Phi) is 2.24. The van der Waals surface area contributed by atoms with Crippen LogP contribution in [0, 0.1) is 0 Å². The summed E-state index contributed by atoms with van der Waals surface area (Å²) in [7, 11) is 1.75. The van der Waals surface area contributed by atoms with Crippen molar-refractivity contribution in [3.63, 3.8) is 0 Å². The van der Waals surface area contributed by atoms with Crippen molar-refractivity contribution < 1.29 is 9.90 Å². The molecule has 3 aromatic rings. The highest BCUT2D eigenvalue weighted by Gasteiger charge is 2.11. The fraction of sp³-hybridized carbons (Fsp3) is 0.0909. The molecule has 8 nitrogen and oxygen atoms in total. The third-order valence-electron chi connectivity index (χ3n) is 2.76. The average molecular weight is 259 g/mol. The molecule has 3 aromatic heterocycles. The van der Waals surface area contributed by atoms with Crippen molar-refractivity contribution >= 4 is 17.0 Å². The van der Waals surface area contributed by atoms with Crippen molar-refractivity contribution in [1.29, 1.82) is 0 Å². The number of nitrogens with one attached hydrogen (secondary N) is 1. The van der Waals surface area contributed by atoms with Gasteiger partial charge >= 0.3 is 5.97 Å². The second-order valence-electron chi connectivity index (χ2n) is 4.03. The number of carboxylic acid groups (broad SMARTS) is 1. The Balaban J connectivity index is 2.19. The first-order chi connectivity index (χ1) is 9.06. The number of nitrogens with zero attached hydrogens (tertiary/aromatic N) is 4. The summed E-state index contributed by atoms with van der Waals surface area (Å²) >= 11 is 0. The Hall–Kier alpha value is -2.90. The summed E-state index contributed by atoms with van der Waals surface area (Å²) in [5, 5.41) is 12.7. The van der Waals surface area contributed by atoms with E-state index in [9.17, 15) is 9.59 Å². The normalized spacial score (nSPS) is 11.0. The van der Waals surface area contributed by atoms with Gasteiger partial charge in [-0.25, -0.2) is 14.5 Å². The van der Waals surface area contributed by atoms with Gasteiger partial charge in [-0.2, -0.15) is 5.10 Å². The molecule has 0 aliphatic carbocycles. The zero-order chi connectivity index (χ0) is 13.6. The molecule has 0 aliphatic heterocycles. The molecule has 96 valence electrons. The van der Waals surface area contributed by atoms with Crippen molar-refractivity contribution in [3.05, 3.63) is 40.6 Å². The molecule has 0 bridgehead atoms. The molecule has 0 spiro atoms. The van der Waals surface area contributed by atoms with Gasteiger partial charge in [-0.15, -0.1) is 0 Å². The van der Waals surface area contributed by atoms with Crippen molar-refractivity contribution in [1.82, 2.24) is 24.3 Å². The summed E-state index contributed by atoms with van der Waals surface area (Å²) in [4.78, 5) is 29.5. The zero-order valence-corrected chi connectivity index (χ0v) is 9.86. The third kappa shape index (κ3) is 1.69. The van der Waals surface area contributed by atoms with E-state index in [1.807, 2.05) is 0 Å². The number of hydrogen-bond donors (Lipinski definition) is 2. The van der Waals surface area contributed by atoms with Crippen LogP contribution in [0.25, 0.3) is 17.0 Å². The standard InChI is InChI=1S/C11H9N5O3/c1-15-3-2-7-8(15)9(17)14-11(13-7)16-5-6(4-12-16)10(18)19/h2-5H,1H3,(H,18,19)(H,13,14,17). The molecule has 0 radical (unpaired) electrons. The maximum absolute atomic E-state index is 11.9. The van der Waals surface area contributed by atoms with Gasteiger partial charge in [-0.3, -0.25) is 9.78 Å². The lowest BCUT2D eigenvalue weighted by Gasteiger charge is -2.00. The predicted octanol–water partition coefficient (Wildman–Crippen LogP) is 0.145. The minimum absolute atomic E-state index is 0.0239. The number of carbonyl (C=O) groups is 1. The molecular formula is C11H9N5O3. The highest BCUT2D eigenvalue weighted by atomic mass is 16.4. The number of aromatic nitrogens is 5. The van der Waals surface area contributed by atoms with Gasteiger partial charge in [-0.05, 0) is 6.07 Å². The number of H-pyrrole nitrogens is 1. The number of aromatic carboxylic acids is 1. The minimum atomic E-state index is -1.09. The minimum Gasteiger partial charge on any atom is -0.478 e. The van der Waals surface area contributed by atoms with Gasteiger partial charge in [0, 0.05) is 19.4 Å². The average Bonchev–Trinajstić information content (AvgIpc) is 2.96. The molecule has 0 amide bonds. The molecule has 0 fully saturated rings. The number of aryl methyl sites for hydroxylation is 1. The van der Waals surface area contributed by atoms with Gasteiger partial charge < -0.3 is 9.67 Å². The van der Waals surface area contributed by atoms with E-state index in [0.29, 0.717) is 11.0 Å². The second kappa shape index (κ2) is 3.80. The Morgan fingerprint density at radius 1 is 1.47 bits per heavy atom. The van der Waals surface area contributed by atoms with Crippen LogP contribution >= 0.6 is 0 Å². The molecule has 0 aromatic carbocycles. The number of carboxylic acids is 1. The molecule has 2 N–H and O–H groups in total. The lowest BCUT2D eigenvalue weighted by atomic mass is 10.4. The predicted molar refractivity (Wildman–Crippen MR) is 65.4 cm³/mol. The number of fused-ring (bicyclic) bond motifs is 1. The highest BCUT2D eigenvalue weighted by Crippen LogP contribution is 2.09. The zero-order valence-electron chi connectivity index (χ0n) is 9.86. The maximum atomic E-state index is 11.9. The second-order valence-corrected chi connectivity index (χ2v) is 4.03. The third-order valence-corrected chi connectivity index (χ3v) is 2.76. The van der Waals surface area contributed by atoms with Crippen LogP contribution in [0.3, 0.4) is 0 Å². The summed E-state index contributed by atoms with van der Waals surface area (Å²) in [5.74, 6) is -0.911. The van der Waals surface area contributed by atoms with Gasteiger partial charge in [0.25, 0.3) is 5.56 Å². The van der Waals surface area contributed by atoms with Crippen LogP contribution in [-0.4, -0.2) is 35.4 Å². The van der Waals surface area contributed by atoms with Gasteiger partial charge in [0.1, 0.15) is 5.52 Å².